The van der Waals surface area contributed by atoms with E-state index < -0.39 is 105 Å². The number of nitro benzene ring substituents is 2. The molecule has 6 rings (SSSR count). The number of nitrogens with zero attached hydrogens (tertiary/aromatic N) is 2. The van der Waals surface area contributed by atoms with Crippen molar-refractivity contribution in [1.82, 2.24) is 0 Å². The van der Waals surface area contributed by atoms with Crippen LogP contribution in [0.5, 0.6) is 23.0 Å². The van der Waals surface area contributed by atoms with Crippen molar-refractivity contribution in [3.05, 3.63) is 120 Å². The highest BCUT2D eigenvalue weighted by atomic mass is 32.2. The minimum Gasteiger partial charge on any atom is -0.868 e. The Hall–Kier alpha value is -5.78. The molecular formula is C26H9F4N2O11S-. The highest BCUT2D eigenvalue weighted by molar-refractivity contribution is 7.87. The van der Waals surface area contributed by atoms with E-state index in [2.05, 4.69) is 4.18 Å². The Balaban J connectivity index is 1.58. The number of carbonyl (C=O) groups excluding carboxylic acids is 1. The van der Waals surface area contributed by atoms with Crippen molar-refractivity contribution in [2.24, 2.45) is 0 Å². The Morgan fingerprint density at radius 3 is 2.11 bits per heavy atom. The molecule has 0 saturated heterocycles. The summed E-state index contributed by atoms with van der Waals surface area (Å²) in [6.07, 6.45) is 0. The van der Waals surface area contributed by atoms with Crippen molar-refractivity contribution in [2.45, 2.75) is 10.5 Å². The van der Waals surface area contributed by atoms with Crippen LogP contribution in [0.25, 0.3) is 0 Å². The zero-order valence-corrected chi connectivity index (χ0v) is 21.8. The van der Waals surface area contributed by atoms with Crippen molar-refractivity contribution in [3.8, 4) is 23.0 Å². The molecule has 0 saturated carbocycles. The van der Waals surface area contributed by atoms with Crippen LogP contribution < -0.4 is 14.0 Å². The number of nitro groups is 2. The molecule has 0 amide bonds. The first kappa shape index (κ1) is 28.3. The first-order valence-corrected chi connectivity index (χ1v) is 13.2. The first-order valence-electron chi connectivity index (χ1n) is 11.8. The lowest BCUT2D eigenvalue weighted by Crippen LogP contribution is -2.34. The average molecular weight is 633 g/mol. The third kappa shape index (κ3) is 3.84. The van der Waals surface area contributed by atoms with Crippen LogP contribution in [0.1, 0.15) is 27.0 Å². The topological polar surface area (TPSA) is 188 Å². The second-order valence-corrected chi connectivity index (χ2v) is 10.7. The number of fused-ring (bicyclic) bond motifs is 6. The molecule has 0 aliphatic carbocycles. The van der Waals surface area contributed by atoms with E-state index in [0.717, 1.165) is 0 Å². The second kappa shape index (κ2) is 9.36. The largest absolute Gasteiger partial charge is 0.868 e. The van der Waals surface area contributed by atoms with Crippen LogP contribution >= 0.6 is 0 Å². The lowest BCUT2D eigenvalue weighted by Gasteiger charge is -2.37. The number of benzene rings is 4. The normalized spacial score (nSPS) is 16.4. The van der Waals surface area contributed by atoms with Gasteiger partial charge in [-0.1, -0.05) is 18.2 Å². The van der Waals surface area contributed by atoms with Gasteiger partial charge in [0.1, 0.15) is 5.82 Å². The van der Waals surface area contributed by atoms with Crippen molar-refractivity contribution < 1.29 is 59.4 Å². The number of rotatable bonds is 5. The van der Waals surface area contributed by atoms with Gasteiger partial charge < -0.3 is 18.8 Å². The summed E-state index contributed by atoms with van der Waals surface area (Å²) in [4.78, 5) is 31.6. The zero-order valence-electron chi connectivity index (χ0n) is 21.0. The lowest BCUT2D eigenvalue weighted by atomic mass is 9.77. The molecule has 224 valence electrons. The van der Waals surface area contributed by atoms with Crippen molar-refractivity contribution in [3.63, 3.8) is 0 Å². The Morgan fingerprint density at radius 2 is 1.45 bits per heavy atom. The van der Waals surface area contributed by atoms with Crippen molar-refractivity contribution in [1.29, 1.82) is 0 Å². The molecule has 0 N–H and O–H groups in total. The molecule has 0 bridgehead atoms. The predicted octanol–water partition coefficient (Wildman–Crippen LogP) is 4.47. The quantitative estimate of drug-likeness (QED) is 0.0992. The molecular weight excluding hydrogens is 624 g/mol. The van der Waals surface area contributed by atoms with Crippen molar-refractivity contribution in [2.75, 3.05) is 0 Å². The number of ether oxygens (including phenoxy) is 2. The van der Waals surface area contributed by atoms with Crippen LogP contribution in [0.4, 0.5) is 28.9 Å². The molecule has 4 aromatic carbocycles. The van der Waals surface area contributed by atoms with Gasteiger partial charge in [-0.2, -0.15) is 12.8 Å². The zero-order chi connectivity index (χ0) is 31.9. The molecule has 44 heavy (non-hydrogen) atoms. The van der Waals surface area contributed by atoms with Crippen LogP contribution in [0.2, 0.25) is 0 Å². The SMILES string of the molecule is O=C1OC2(c3ccccc31)c1cc(F)c([O-])c(F)c1Oc1c2cc(F)c(OS(=O)(=O)c2ccc([N+](=O)[O-])cc2[N+](=O)[O-])c1F. The summed E-state index contributed by atoms with van der Waals surface area (Å²) in [7, 11) is -5.53. The molecule has 13 nitrogen and oxygen atoms in total. The monoisotopic (exact) mass is 633 g/mol. The smallest absolute Gasteiger partial charge is 0.346 e. The summed E-state index contributed by atoms with van der Waals surface area (Å²) in [5, 5.41) is 34.5. The van der Waals surface area contributed by atoms with Gasteiger partial charge in [0.25, 0.3) is 11.4 Å². The fraction of sp³-hybridized carbons (Fsp3) is 0.0385. The number of hydrogen-bond acceptors (Lipinski definition) is 11. The standard InChI is InChI=1S/C26H10F4N2O11S/c27-15-8-13-22(19(29)21(15)33)41-23-14(26(13)12-4-2-1-3-11(12)25(34)42-26)9-16(28)24(20(23)30)43-44(39,40)18-6-5-10(31(35)36)7-17(18)32(37)38/h1-9,33H/p-1. The number of non-ortho nitro benzene ring substituents is 1. The predicted molar refractivity (Wildman–Crippen MR) is 132 cm³/mol. The Labute approximate surface area is 240 Å². The van der Waals surface area contributed by atoms with Gasteiger partial charge in [0.15, 0.2) is 33.6 Å². The maximum Gasteiger partial charge on any atom is 0.346 e. The summed E-state index contributed by atoms with van der Waals surface area (Å²) in [5.41, 5.74) is -6.53. The fourth-order valence-corrected chi connectivity index (χ4v) is 6.05. The summed E-state index contributed by atoms with van der Waals surface area (Å²) in [6, 6.07) is 7.29. The molecule has 2 heterocycles. The third-order valence-electron chi connectivity index (χ3n) is 6.81. The molecule has 0 aromatic heterocycles. The molecule has 1 spiro atoms. The number of hydrogen-bond donors (Lipinski definition) is 0. The Bertz CT molecular complexity index is 2120. The summed E-state index contributed by atoms with van der Waals surface area (Å²) in [5.74, 6) is -14.4. The van der Waals surface area contributed by atoms with Crippen LogP contribution in [0.3, 0.4) is 0 Å². The van der Waals surface area contributed by atoms with Gasteiger partial charge in [-0.15, -0.1) is 0 Å². The average Bonchev–Trinajstić information content (AvgIpc) is 3.27. The Kier molecular flexibility index (Phi) is 6.03. The van der Waals surface area contributed by atoms with Crippen LogP contribution in [0.15, 0.2) is 59.5 Å². The van der Waals surface area contributed by atoms with Gasteiger partial charge in [-0.25, -0.2) is 18.0 Å². The molecule has 18 heteroatoms. The summed E-state index contributed by atoms with van der Waals surface area (Å²) >= 11 is 0. The minimum atomic E-state index is -5.53. The van der Waals surface area contributed by atoms with Gasteiger partial charge in [0, 0.05) is 11.6 Å². The van der Waals surface area contributed by atoms with E-state index in [4.69, 9.17) is 9.47 Å². The second-order valence-electron chi connectivity index (χ2n) is 9.18. The molecule has 1 atom stereocenters. The van der Waals surface area contributed by atoms with E-state index in [1.165, 1.54) is 24.3 Å². The molecule has 1 unspecified atom stereocenters. The third-order valence-corrected chi connectivity index (χ3v) is 8.08. The number of halogens is 4. The highest BCUT2D eigenvalue weighted by Gasteiger charge is 2.56. The van der Waals surface area contributed by atoms with Crippen LogP contribution in [-0.2, 0) is 20.5 Å². The van der Waals surface area contributed by atoms with E-state index in [9.17, 15) is 42.9 Å². The molecule has 4 aromatic rings. The molecule has 2 aliphatic rings. The van der Waals surface area contributed by atoms with Gasteiger partial charge in [-0.3, -0.25) is 20.2 Å². The maximum absolute atomic E-state index is 16.0. The van der Waals surface area contributed by atoms with E-state index in [0.29, 0.717) is 24.3 Å². The fourth-order valence-electron chi connectivity index (χ4n) is 4.96. The van der Waals surface area contributed by atoms with Gasteiger partial charge in [0.05, 0.1) is 32.6 Å². The maximum atomic E-state index is 16.0. The molecule has 0 radical (unpaired) electrons. The van der Waals surface area contributed by atoms with Crippen LogP contribution in [-0.4, -0.2) is 24.2 Å². The van der Waals surface area contributed by atoms with E-state index in [1.807, 2.05) is 0 Å². The van der Waals surface area contributed by atoms with Crippen molar-refractivity contribution >= 4 is 27.5 Å². The molecule has 0 fully saturated rings. The Morgan fingerprint density at radius 1 is 0.818 bits per heavy atom. The molecule has 2 aliphatic heterocycles. The first-order chi connectivity index (χ1) is 20.7. The highest BCUT2D eigenvalue weighted by Crippen LogP contribution is 2.59. The van der Waals surface area contributed by atoms with Gasteiger partial charge >= 0.3 is 16.1 Å². The number of carbonyl (C=O) groups is 1. The minimum absolute atomic E-state index is 0.171. The lowest BCUT2D eigenvalue weighted by molar-refractivity contribution is -0.396. The van der Waals surface area contributed by atoms with E-state index in [-0.39, 0.29) is 17.2 Å². The summed E-state index contributed by atoms with van der Waals surface area (Å²) in [6.45, 7) is 0. The van der Waals surface area contributed by atoms with Gasteiger partial charge in [0.2, 0.25) is 11.6 Å². The van der Waals surface area contributed by atoms with Gasteiger partial charge in [-0.05, 0) is 30.0 Å². The van der Waals surface area contributed by atoms with Crippen LogP contribution in [0, 0.1) is 43.5 Å². The van der Waals surface area contributed by atoms with E-state index in [1.54, 1.807) is 0 Å². The van der Waals surface area contributed by atoms with E-state index >= 15 is 13.2 Å². The summed E-state index contributed by atoms with van der Waals surface area (Å²) < 4.78 is 102. The number of esters is 1.